The number of nitrogens with zero attached hydrogens (tertiary/aromatic N) is 4. The molecule has 0 amide bonds. The number of fused-ring (bicyclic) bond motifs is 7. The minimum Gasteiger partial charge on any atom is -0.309 e. The Morgan fingerprint density at radius 1 is 0.286 bits per heavy atom. The van der Waals surface area contributed by atoms with Gasteiger partial charge in [-0.25, -0.2) is 15.0 Å². The van der Waals surface area contributed by atoms with Crippen LogP contribution in [0, 0.1) is 0 Å². The maximum atomic E-state index is 5.36. The molecular formula is C59H38N4. The van der Waals surface area contributed by atoms with E-state index in [1.165, 1.54) is 49.4 Å². The standard InChI is InChI=1S/C59H38N4/c1-4-14-39(15-5-1)41-24-28-43(29-25-41)52-38-53(44-30-26-42(27-31-44)40-16-6-2-7-17-40)62-59(61-52)46-34-32-45(33-35-46)58-50-36-37-55-57(56(50)48-20-10-12-22-51(48)60-58)49-21-11-13-23-54(49)63(55)47-18-8-3-9-19-47/h1-38H. The van der Waals surface area contributed by atoms with Gasteiger partial charge in [0.2, 0.25) is 0 Å². The van der Waals surface area contributed by atoms with E-state index in [1.54, 1.807) is 0 Å². The lowest BCUT2D eigenvalue weighted by atomic mass is 9.95. The summed E-state index contributed by atoms with van der Waals surface area (Å²) < 4.78 is 2.38. The van der Waals surface area contributed by atoms with Crippen LogP contribution in [-0.4, -0.2) is 19.5 Å². The second kappa shape index (κ2) is 15.2. The molecule has 12 rings (SSSR count). The predicted molar refractivity (Wildman–Crippen MR) is 262 cm³/mol. The first kappa shape index (κ1) is 36.4. The molecule has 0 aliphatic heterocycles. The smallest absolute Gasteiger partial charge is 0.160 e. The van der Waals surface area contributed by atoms with E-state index in [2.05, 4.69) is 223 Å². The second-order valence-electron chi connectivity index (χ2n) is 16.0. The van der Waals surface area contributed by atoms with Crippen molar-refractivity contribution in [1.29, 1.82) is 0 Å². The first-order chi connectivity index (χ1) is 31.2. The average molecular weight is 803 g/mol. The van der Waals surface area contributed by atoms with Gasteiger partial charge in [-0.1, -0.05) is 194 Å². The fraction of sp³-hybridized carbons (Fsp3) is 0. The van der Waals surface area contributed by atoms with Crippen LogP contribution in [0.2, 0.25) is 0 Å². The van der Waals surface area contributed by atoms with E-state index in [0.717, 1.165) is 61.3 Å². The molecule has 0 saturated carbocycles. The summed E-state index contributed by atoms with van der Waals surface area (Å²) in [6.07, 6.45) is 0. The van der Waals surface area contributed by atoms with E-state index >= 15 is 0 Å². The fourth-order valence-corrected chi connectivity index (χ4v) is 9.15. The van der Waals surface area contributed by atoms with E-state index in [9.17, 15) is 0 Å². The van der Waals surface area contributed by atoms with Crippen LogP contribution in [0.15, 0.2) is 231 Å². The lowest BCUT2D eigenvalue weighted by Gasteiger charge is -2.13. The summed E-state index contributed by atoms with van der Waals surface area (Å²) in [6.45, 7) is 0. The molecule has 4 heteroatoms. The molecule has 0 atom stereocenters. The Hall–Kier alpha value is -8.47. The van der Waals surface area contributed by atoms with E-state index in [4.69, 9.17) is 15.0 Å². The van der Waals surface area contributed by atoms with Crippen LogP contribution in [-0.2, 0) is 0 Å². The summed E-state index contributed by atoms with van der Waals surface area (Å²) in [5.74, 6) is 0.667. The normalized spacial score (nSPS) is 11.5. The van der Waals surface area contributed by atoms with Crippen molar-refractivity contribution in [3.63, 3.8) is 0 Å². The maximum Gasteiger partial charge on any atom is 0.160 e. The molecular weight excluding hydrogens is 765 g/mol. The van der Waals surface area contributed by atoms with Crippen molar-refractivity contribution in [3.8, 4) is 73.1 Å². The molecule has 0 radical (unpaired) electrons. The molecule has 3 aromatic heterocycles. The van der Waals surface area contributed by atoms with Crippen LogP contribution < -0.4 is 0 Å². The minimum absolute atomic E-state index is 0.667. The first-order valence-corrected chi connectivity index (χ1v) is 21.4. The van der Waals surface area contributed by atoms with Crippen molar-refractivity contribution >= 4 is 43.5 Å². The predicted octanol–water partition coefficient (Wildman–Crippen LogP) is 15.3. The Morgan fingerprint density at radius 3 is 1.38 bits per heavy atom. The fourth-order valence-electron chi connectivity index (χ4n) is 9.15. The Balaban J connectivity index is 0.990. The van der Waals surface area contributed by atoms with Crippen LogP contribution in [0.3, 0.4) is 0 Å². The molecule has 12 aromatic rings. The number of pyridine rings is 1. The average Bonchev–Trinajstić information content (AvgIpc) is 3.71. The van der Waals surface area contributed by atoms with Crippen molar-refractivity contribution in [2.45, 2.75) is 0 Å². The molecule has 0 aliphatic carbocycles. The molecule has 0 saturated heterocycles. The molecule has 9 aromatic carbocycles. The number of benzene rings is 9. The topological polar surface area (TPSA) is 43.6 Å². The summed E-state index contributed by atoms with van der Waals surface area (Å²) in [4.78, 5) is 15.8. The largest absolute Gasteiger partial charge is 0.309 e. The van der Waals surface area contributed by atoms with E-state index in [-0.39, 0.29) is 0 Å². The Morgan fingerprint density at radius 2 is 0.762 bits per heavy atom. The van der Waals surface area contributed by atoms with Gasteiger partial charge in [0.05, 0.1) is 33.6 Å². The van der Waals surface area contributed by atoms with E-state index < -0.39 is 0 Å². The van der Waals surface area contributed by atoms with Gasteiger partial charge >= 0.3 is 0 Å². The molecule has 0 spiro atoms. The van der Waals surface area contributed by atoms with Gasteiger partial charge in [0.15, 0.2) is 5.82 Å². The number of rotatable bonds is 7. The molecule has 0 N–H and O–H groups in total. The van der Waals surface area contributed by atoms with Gasteiger partial charge in [0.1, 0.15) is 0 Å². The number of para-hydroxylation sites is 3. The Labute approximate surface area is 365 Å². The molecule has 294 valence electrons. The van der Waals surface area contributed by atoms with Crippen molar-refractivity contribution in [1.82, 2.24) is 19.5 Å². The summed E-state index contributed by atoms with van der Waals surface area (Å²) >= 11 is 0. The van der Waals surface area contributed by atoms with Crippen molar-refractivity contribution in [3.05, 3.63) is 231 Å². The third-order valence-electron chi connectivity index (χ3n) is 12.2. The summed E-state index contributed by atoms with van der Waals surface area (Å²) in [5, 5.41) is 5.91. The molecule has 0 fully saturated rings. The lowest BCUT2D eigenvalue weighted by molar-refractivity contribution is 1.18. The van der Waals surface area contributed by atoms with Gasteiger partial charge in [-0.2, -0.15) is 0 Å². The summed E-state index contributed by atoms with van der Waals surface area (Å²) in [5.41, 5.74) is 15.9. The lowest BCUT2D eigenvalue weighted by Crippen LogP contribution is -1.96. The minimum atomic E-state index is 0.667. The van der Waals surface area contributed by atoms with Crippen LogP contribution in [0.4, 0.5) is 0 Å². The Bertz CT molecular complexity index is 3520. The van der Waals surface area contributed by atoms with Gasteiger partial charge in [0.25, 0.3) is 0 Å². The van der Waals surface area contributed by atoms with Crippen LogP contribution >= 0.6 is 0 Å². The molecule has 0 aliphatic rings. The molecule has 3 heterocycles. The molecule has 0 bridgehead atoms. The van der Waals surface area contributed by atoms with Gasteiger partial charge in [0, 0.05) is 54.9 Å². The van der Waals surface area contributed by atoms with Gasteiger partial charge in [-0.05, 0) is 58.7 Å². The molecule has 63 heavy (non-hydrogen) atoms. The Kier molecular flexibility index (Phi) is 8.79. The number of aromatic nitrogens is 4. The van der Waals surface area contributed by atoms with Gasteiger partial charge in [-0.3, -0.25) is 0 Å². The monoisotopic (exact) mass is 802 g/mol. The van der Waals surface area contributed by atoms with Crippen molar-refractivity contribution in [2.24, 2.45) is 0 Å². The summed E-state index contributed by atoms with van der Waals surface area (Å²) in [6, 6.07) is 81.4. The van der Waals surface area contributed by atoms with Gasteiger partial charge < -0.3 is 4.57 Å². The summed E-state index contributed by atoms with van der Waals surface area (Å²) in [7, 11) is 0. The van der Waals surface area contributed by atoms with Crippen molar-refractivity contribution in [2.75, 3.05) is 0 Å². The zero-order valence-electron chi connectivity index (χ0n) is 34.2. The molecule has 0 unspecified atom stereocenters. The van der Waals surface area contributed by atoms with Crippen LogP contribution in [0.1, 0.15) is 0 Å². The highest BCUT2D eigenvalue weighted by Gasteiger charge is 2.20. The van der Waals surface area contributed by atoms with Crippen LogP contribution in [0.5, 0.6) is 0 Å². The zero-order chi connectivity index (χ0) is 41.7. The quantitative estimate of drug-likeness (QED) is 0.151. The zero-order valence-corrected chi connectivity index (χ0v) is 34.2. The SMILES string of the molecule is c1ccc(-c2ccc(-c3cc(-c4ccc(-c5ccccc5)cc4)nc(-c4ccc(-c5nc6ccccc6c6c5ccc5c6c6ccccc6n5-c5ccccc5)cc4)n3)cc2)cc1. The van der Waals surface area contributed by atoms with E-state index in [0.29, 0.717) is 5.82 Å². The van der Waals surface area contributed by atoms with E-state index in [1.807, 2.05) is 12.1 Å². The highest BCUT2D eigenvalue weighted by Crippen LogP contribution is 2.42. The third-order valence-corrected chi connectivity index (χ3v) is 12.2. The maximum absolute atomic E-state index is 5.36. The number of hydrogen-bond acceptors (Lipinski definition) is 3. The third kappa shape index (κ3) is 6.44. The van der Waals surface area contributed by atoms with Gasteiger partial charge in [-0.15, -0.1) is 0 Å². The highest BCUT2D eigenvalue weighted by molar-refractivity contribution is 6.29. The van der Waals surface area contributed by atoms with Crippen molar-refractivity contribution < 1.29 is 0 Å². The first-order valence-electron chi connectivity index (χ1n) is 21.4. The second-order valence-corrected chi connectivity index (χ2v) is 16.0. The van der Waals surface area contributed by atoms with Crippen LogP contribution in [0.25, 0.3) is 117 Å². The highest BCUT2D eigenvalue weighted by atomic mass is 15.0. The molecule has 4 nitrogen and oxygen atoms in total. The number of hydrogen-bond donors (Lipinski definition) is 0.